The largest absolute Gasteiger partial charge is 0.359 e. The average molecular weight is 360 g/mol. The lowest BCUT2D eigenvalue weighted by atomic mass is 9.96. The minimum absolute atomic E-state index is 0.0207. The van der Waals surface area contributed by atoms with Crippen molar-refractivity contribution in [1.29, 1.82) is 0 Å². The van der Waals surface area contributed by atoms with Crippen LogP contribution in [0, 0.1) is 11.8 Å². The van der Waals surface area contributed by atoms with Gasteiger partial charge in [0.2, 0.25) is 5.91 Å². The second-order valence-corrected chi connectivity index (χ2v) is 6.99. The van der Waals surface area contributed by atoms with Crippen molar-refractivity contribution in [3.63, 3.8) is 0 Å². The number of benzene rings is 1. The van der Waals surface area contributed by atoms with Crippen LogP contribution in [0.4, 0.5) is 10.5 Å². The minimum atomic E-state index is -0.183. The monoisotopic (exact) mass is 360 g/mol. The molecule has 1 aromatic carbocycles. The zero-order valence-corrected chi connectivity index (χ0v) is 15.7. The van der Waals surface area contributed by atoms with Gasteiger partial charge >= 0.3 is 6.03 Å². The van der Waals surface area contributed by atoms with E-state index in [2.05, 4.69) is 16.0 Å². The van der Waals surface area contributed by atoms with E-state index in [1.165, 1.54) is 0 Å². The highest BCUT2D eigenvalue weighted by Gasteiger charge is 2.26. The van der Waals surface area contributed by atoms with Gasteiger partial charge in [-0.2, -0.15) is 0 Å². The van der Waals surface area contributed by atoms with Gasteiger partial charge in [-0.25, -0.2) is 4.79 Å². The summed E-state index contributed by atoms with van der Waals surface area (Å²) in [4.78, 5) is 37.7. The molecular weight excluding hydrogens is 332 g/mol. The lowest BCUT2D eigenvalue weighted by Gasteiger charge is -2.31. The van der Waals surface area contributed by atoms with E-state index in [4.69, 9.17) is 0 Å². The molecule has 1 saturated heterocycles. The topological polar surface area (TPSA) is 90.5 Å². The molecule has 7 nitrogen and oxygen atoms in total. The molecule has 0 aromatic heterocycles. The minimum Gasteiger partial charge on any atom is -0.359 e. The van der Waals surface area contributed by atoms with Crippen molar-refractivity contribution in [2.45, 2.75) is 26.7 Å². The van der Waals surface area contributed by atoms with Crippen LogP contribution in [0.25, 0.3) is 0 Å². The molecule has 1 aromatic rings. The van der Waals surface area contributed by atoms with Gasteiger partial charge < -0.3 is 20.9 Å². The first kappa shape index (κ1) is 19.8. The molecule has 142 valence electrons. The molecule has 0 spiro atoms. The molecule has 1 aliphatic rings. The zero-order valence-electron chi connectivity index (χ0n) is 15.7. The highest BCUT2D eigenvalue weighted by atomic mass is 16.2. The van der Waals surface area contributed by atoms with Gasteiger partial charge in [0.05, 0.1) is 0 Å². The summed E-state index contributed by atoms with van der Waals surface area (Å²) >= 11 is 0. The summed E-state index contributed by atoms with van der Waals surface area (Å²) in [5, 5.41) is 8.36. The normalized spacial score (nSPS) is 14.8. The molecule has 4 amide bonds. The van der Waals surface area contributed by atoms with E-state index < -0.39 is 0 Å². The summed E-state index contributed by atoms with van der Waals surface area (Å²) in [5.41, 5.74) is 1.21. The third-order valence-electron chi connectivity index (χ3n) is 4.47. The number of hydrogen-bond acceptors (Lipinski definition) is 3. The van der Waals surface area contributed by atoms with Gasteiger partial charge in [-0.15, -0.1) is 0 Å². The Bertz CT molecular complexity index is 635. The van der Waals surface area contributed by atoms with Gasteiger partial charge in [0.15, 0.2) is 0 Å². The van der Waals surface area contributed by atoms with E-state index in [1.54, 1.807) is 36.2 Å². The number of carbonyl (C=O) groups excluding carboxylic acids is 3. The molecule has 1 aliphatic heterocycles. The number of carbonyl (C=O) groups is 3. The van der Waals surface area contributed by atoms with E-state index >= 15 is 0 Å². The maximum absolute atomic E-state index is 12.3. The summed E-state index contributed by atoms with van der Waals surface area (Å²) in [6.45, 7) is 5.81. The van der Waals surface area contributed by atoms with Crippen molar-refractivity contribution in [3.05, 3.63) is 29.8 Å². The molecule has 1 heterocycles. The third-order valence-corrected chi connectivity index (χ3v) is 4.47. The molecule has 0 bridgehead atoms. The molecule has 3 N–H and O–H groups in total. The quantitative estimate of drug-likeness (QED) is 0.751. The molecule has 0 radical (unpaired) electrons. The SMILES string of the molecule is CNC(=O)C1CCN(C(=O)Nc2ccc(C(=O)NCC(C)C)cc2)CC1. The summed E-state index contributed by atoms with van der Waals surface area (Å²) in [7, 11) is 1.63. The first-order valence-electron chi connectivity index (χ1n) is 9.06. The Balaban J connectivity index is 1.84. The van der Waals surface area contributed by atoms with Crippen molar-refractivity contribution in [3.8, 4) is 0 Å². The Morgan fingerprint density at radius 2 is 1.73 bits per heavy atom. The maximum Gasteiger partial charge on any atom is 0.321 e. The van der Waals surface area contributed by atoms with E-state index in [1.807, 2.05) is 13.8 Å². The first-order chi connectivity index (χ1) is 12.4. The van der Waals surface area contributed by atoms with E-state index in [-0.39, 0.29) is 23.8 Å². The Hall–Kier alpha value is -2.57. The summed E-state index contributed by atoms with van der Waals surface area (Å²) in [6.07, 6.45) is 1.34. The predicted octanol–water partition coefficient (Wildman–Crippen LogP) is 2.06. The van der Waals surface area contributed by atoms with Crippen LogP contribution in [-0.2, 0) is 4.79 Å². The highest BCUT2D eigenvalue weighted by Crippen LogP contribution is 2.18. The first-order valence-corrected chi connectivity index (χ1v) is 9.06. The molecule has 2 rings (SSSR count). The number of amides is 4. The number of rotatable bonds is 5. The lowest BCUT2D eigenvalue weighted by molar-refractivity contribution is -0.125. The van der Waals surface area contributed by atoms with E-state index in [0.717, 1.165) is 0 Å². The smallest absolute Gasteiger partial charge is 0.321 e. The van der Waals surface area contributed by atoms with Crippen LogP contribution in [0.3, 0.4) is 0 Å². The zero-order chi connectivity index (χ0) is 19.1. The number of piperidine rings is 1. The fraction of sp³-hybridized carbons (Fsp3) is 0.526. The summed E-state index contributed by atoms with van der Waals surface area (Å²) < 4.78 is 0. The number of nitrogens with one attached hydrogen (secondary N) is 3. The van der Waals surface area contributed by atoms with Crippen molar-refractivity contribution in [2.75, 3.05) is 32.0 Å². The van der Waals surface area contributed by atoms with Gasteiger partial charge in [0.25, 0.3) is 5.91 Å². The standard InChI is InChI=1S/C19H28N4O3/c1-13(2)12-21-18(25)14-4-6-16(7-5-14)22-19(26)23-10-8-15(9-11-23)17(24)20-3/h4-7,13,15H,8-12H2,1-3H3,(H,20,24)(H,21,25)(H,22,26). The van der Waals surface area contributed by atoms with Gasteiger partial charge in [-0.1, -0.05) is 13.8 Å². The van der Waals surface area contributed by atoms with Crippen LogP contribution in [0.1, 0.15) is 37.0 Å². The van der Waals surface area contributed by atoms with Crippen LogP contribution in [0.5, 0.6) is 0 Å². The van der Waals surface area contributed by atoms with E-state index in [0.29, 0.717) is 49.6 Å². The number of likely N-dealkylation sites (tertiary alicyclic amines) is 1. The molecule has 0 atom stereocenters. The molecule has 0 aliphatic carbocycles. The number of hydrogen-bond donors (Lipinski definition) is 3. The Morgan fingerprint density at radius 3 is 2.27 bits per heavy atom. The Labute approximate surface area is 154 Å². The van der Waals surface area contributed by atoms with Gasteiger partial charge in [-0.05, 0) is 43.0 Å². The second kappa shape index (κ2) is 9.22. The van der Waals surface area contributed by atoms with Crippen LogP contribution in [-0.4, -0.2) is 49.4 Å². The molecule has 26 heavy (non-hydrogen) atoms. The van der Waals surface area contributed by atoms with Gasteiger partial charge in [0.1, 0.15) is 0 Å². The molecule has 0 saturated carbocycles. The van der Waals surface area contributed by atoms with Crippen LogP contribution in [0.2, 0.25) is 0 Å². The van der Waals surface area contributed by atoms with Crippen molar-refractivity contribution in [2.24, 2.45) is 11.8 Å². The predicted molar refractivity (Wildman–Crippen MR) is 101 cm³/mol. The number of nitrogens with zero attached hydrogens (tertiary/aromatic N) is 1. The number of anilines is 1. The molecule has 7 heteroatoms. The fourth-order valence-corrected chi connectivity index (χ4v) is 2.86. The lowest BCUT2D eigenvalue weighted by Crippen LogP contribution is -2.44. The van der Waals surface area contributed by atoms with Gasteiger partial charge in [-0.3, -0.25) is 9.59 Å². The maximum atomic E-state index is 12.3. The van der Waals surface area contributed by atoms with Crippen LogP contribution < -0.4 is 16.0 Å². The van der Waals surface area contributed by atoms with Crippen LogP contribution >= 0.6 is 0 Å². The third kappa shape index (κ3) is 5.47. The average Bonchev–Trinajstić information content (AvgIpc) is 2.66. The number of urea groups is 1. The Morgan fingerprint density at radius 1 is 1.12 bits per heavy atom. The van der Waals surface area contributed by atoms with Crippen LogP contribution in [0.15, 0.2) is 24.3 Å². The second-order valence-electron chi connectivity index (χ2n) is 6.99. The molecule has 0 unspecified atom stereocenters. The summed E-state index contributed by atoms with van der Waals surface area (Å²) in [6, 6.07) is 6.66. The fourth-order valence-electron chi connectivity index (χ4n) is 2.86. The Kier molecular flexibility index (Phi) is 7.00. The summed E-state index contributed by atoms with van der Waals surface area (Å²) in [5.74, 6) is 0.293. The molecule has 1 fully saturated rings. The van der Waals surface area contributed by atoms with Gasteiger partial charge in [0, 0.05) is 43.9 Å². The molecular formula is C19H28N4O3. The van der Waals surface area contributed by atoms with Crippen molar-refractivity contribution < 1.29 is 14.4 Å². The van der Waals surface area contributed by atoms with Crippen molar-refractivity contribution in [1.82, 2.24) is 15.5 Å². The van der Waals surface area contributed by atoms with E-state index in [9.17, 15) is 14.4 Å². The van der Waals surface area contributed by atoms with Crippen molar-refractivity contribution >= 4 is 23.5 Å². The highest BCUT2D eigenvalue weighted by molar-refractivity contribution is 5.95.